The van der Waals surface area contributed by atoms with Crippen molar-refractivity contribution in [2.45, 2.75) is 90.6 Å². The van der Waals surface area contributed by atoms with Crippen LogP contribution >= 0.6 is 0 Å². The van der Waals surface area contributed by atoms with Gasteiger partial charge in [0.1, 0.15) is 6.04 Å². The van der Waals surface area contributed by atoms with Crippen molar-refractivity contribution in [3.05, 3.63) is 0 Å². The Kier molecular flexibility index (Phi) is 14.5. The van der Waals surface area contributed by atoms with E-state index in [1.807, 2.05) is 27.7 Å². The molecule has 12 nitrogen and oxygen atoms in total. The van der Waals surface area contributed by atoms with E-state index < -0.39 is 30.2 Å². The smallest absolute Gasteiger partial charge is 0.318 e. The number of carbonyl (C=O) groups excluding carboxylic acids is 4. The fourth-order valence-corrected chi connectivity index (χ4v) is 6.20. The van der Waals surface area contributed by atoms with Crippen LogP contribution in [0.5, 0.6) is 0 Å². The van der Waals surface area contributed by atoms with Crippen LogP contribution in [0, 0.1) is 17.8 Å². The van der Waals surface area contributed by atoms with Crippen molar-refractivity contribution in [3.8, 4) is 0 Å². The van der Waals surface area contributed by atoms with Gasteiger partial charge >= 0.3 is 12.0 Å². The predicted octanol–water partition coefficient (Wildman–Crippen LogP) is 2.15. The van der Waals surface area contributed by atoms with Gasteiger partial charge in [-0.1, -0.05) is 34.1 Å². The zero-order valence-corrected chi connectivity index (χ0v) is 27.1. The molecule has 0 spiro atoms. The second kappa shape index (κ2) is 17.0. The maximum absolute atomic E-state index is 13.9. The first kappa shape index (κ1) is 35.8. The van der Waals surface area contributed by atoms with E-state index in [1.165, 1.54) is 7.11 Å². The van der Waals surface area contributed by atoms with Crippen molar-refractivity contribution < 1.29 is 38.1 Å². The molecular formula is C30H54N4O8. The summed E-state index contributed by atoms with van der Waals surface area (Å²) in [5.74, 6) is -1.39. The van der Waals surface area contributed by atoms with E-state index >= 15 is 0 Å². The van der Waals surface area contributed by atoms with Crippen molar-refractivity contribution >= 4 is 23.8 Å². The van der Waals surface area contributed by atoms with Crippen molar-refractivity contribution in [2.75, 3.05) is 61.2 Å². The molecule has 0 aromatic carbocycles. The lowest BCUT2D eigenvalue weighted by Gasteiger charge is -2.41. The second-order valence-corrected chi connectivity index (χ2v) is 11.9. The molecule has 0 bridgehead atoms. The molecule has 0 saturated carbocycles. The molecule has 2 fully saturated rings. The summed E-state index contributed by atoms with van der Waals surface area (Å²) in [6.45, 7) is 12.1. The highest BCUT2D eigenvalue weighted by atomic mass is 16.5. The number of hydrogen-bond acceptors (Lipinski definition) is 8. The number of carbonyl (C=O) groups is 4. The summed E-state index contributed by atoms with van der Waals surface area (Å²) in [6.07, 6.45) is 1.27. The Morgan fingerprint density at radius 2 is 1.64 bits per heavy atom. The van der Waals surface area contributed by atoms with Gasteiger partial charge in [-0.2, -0.15) is 0 Å². The number of hydrogen-bond donors (Lipinski definition) is 1. The number of ether oxygens (including phenoxy) is 4. The van der Waals surface area contributed by atoms with Crippen LogP contribution in [0.2, 0.25) is 0 Å². The number of urea groups is 1. The molecule has 4 unspecified atom stereocenters. The highest BCUT2D eigenvalue weighted by Crippen LogP contribution is 2.29. The molecule has 0 aromatic rings. The molecule has 0 aromatic heterocycles. The molecule has 0 aliphatic carbocycles. The number of esters is 1. The molecule has 42 heavy (non-hydrogen) atoms. The van der Waals surface area contributed by atoms with Gasteiger partial charge in [0.2, 0.25) is 11.8 Å². The van der Waals surface area contributed by atoms with Gasteiger partial charge < -0.3 is 39.0 Å². The fourth-order valence-electron chi connectivity index (χ4n) is 6.20. The molecule has 2 rings (SSSR count). The fraction of sp³-hybridized carbons (Fsp3) is 0.867. The molecule has 1 N–H and O–H groups in total. The van der Waals surface area contributed by atoms with Gasteiger partial charge in [-0.3, -0.25) is 14.4 Å². The van der Waals surface area contributed by atoms with Crippen molar-refractivity contribution in [1.29, 1.82) is 0 Å². The maximum Gasteiger partial charge on any atom is 0.318 e. The van der Waals surface area contributed by atoms with Crippen LogP contribution < -0.4 is 5.32 Å². The van der Waals surface area contributed by atoms with Crippen LogP contribution in [-0.4, -0.2) is 130 Å². The van der Waals surface area contributed by atoms with Crippen molar-refractivity contribution in [2.24, 2.45) is 17.8 Å². The van der Waals surface area contributed by atoms with Crippen molar-refractivity contribution in [1.82, 2.24) is 20.0 Å². The zero-order chi connectivity index (χ0) is 31.6. The molecule has 0 radical (unpaired) electrons. The van der Waals surface area contributed by atoms with Gasteiger partial charge in [0.15, 0.2) is 0 Å². The molecule has 2 saturated heterocycles. The Hall–Kier alpha value is -2.44. The third kappa shape index (κ3) is 8.79. The summed E-state index contributed by atoms with van der Waals surface area (Å²) in [4.78, 5) is 58.1. The largest absolute Gasteiger partial charge is 0.469 e. The Bertz CT molecular complexity index is 897. The average Bonchev–Trinajstić information content (AvgIpc) is 3.48. The lowest BCUT2D eigenvalue weighted by molar-refractivity contribution is -0.154. The van der Waals surface area contributed by atoms with Crippen LogP contribution in [-0.2, 0) is 33.3 Å². The molecule has 7 atom stereocenters. The zero-order valence-electron chi connectivity index (χ0n) is 27.1. The predicted molar refractivity (Wildman–Crippen MR) is 158 cm³/mol. The lowest BCUT2D eigenvalue weighted by atomic mass is 9.89. The molecule has 242 valence electrons. The number of nitrogens with zero attached hydrogens (tertiary/aromatic N) is 3. The summed E-state index contributed by atoms with van der Waals surface area (Å²) in [5, 5.41) is 2.94. The van der Waals surface area contributed by atoms with Gasteiger partial charge in [-0.25, -0.2) is 4.79 Å². The highest BCUT2D eigenvalue weighted by Gasteiger charge is 2.43. The summed E-state index contributed by atoms with van der Waals surface area (Å²) in [6, 6.07) is -1.70. The van der Waals surface area contributed by atoms with Crippen LogP contribution in [0.4, 0.5) is 4.79 Å². The Labute approximate surface area is 251 Å². The minimum Gasteiger partial charge on any atom is -0.469 e. The minimum absolute atomic E-state index is 0.0138. The molecule has 2 aliphatic heterocycles. The third-order valence-corrected chi connectivity index (χ3v) is 8.93. The summed E-state index contributed by atoms with van der Waals surface area (Å²) < 4.78 is 21.9. The topological polar surface area (TPSA) is 127 Å². The number of morpholine rings is 1. The quantitative estimate of drug-likeness (QED) is 0.302. The Balaban J connectivity index is 2.24. The van der Waals surface area contributed by atoms with Crippen LogP contribution in [0.1, 0.15) is 60.3 Å². The lowest BCUT2D eigenvalue weighted by Crippen LogP contribution is -2.59. The number of methoxy groups -OCH3 is 3. The van der Waals surface area contributed by atoms with Crippen LogP contribution in [0.3, 0.4) is 0 Å². The van der Waals surface area contributed by atoms with Crippen LogP contribution in [0.15, 0.2) is 0 Å². The summed E-state index contributed by atoms with van der Waals surface area (Å²) in [7, 11) is 6.18. The van der Waals surface area contributed by atoms with E-state index in [9.17, 15) is 19.2 Å². The van der Waals surface area contributed by atoms with E-state index in [1.54, 1.807) is 42.9 Å². The molecular weight excluding hydrogens is 544 g/mol. The van der Waals surface area contributed by atoms with Gasteiger partial charge in [0.25, 0.3) is 0 Å². The van der Waals surface area contributed by atoms with E-state index in [-0.39, 0.29) is 48.1 Å². The third-order valence-electron chi connectivity index (χ3n) is 8.93. The standard InChI is InChI=1S/C30H54N4O8/c1-10-20(4)26(32(6)28(36)25(19(2)3)31-30(38)33-14-16-42-17-15-33)23(39-7)18-24(35)34-13-11-12-22(34)27(40-8)21(5)29(37)41-9/h19-23,25-27H,10-18H2,1-9H3,(H,31,38)/t20-,21?,22?,23+,25?,26-,27?/m0/s1. The summed E-state index contributed by atoms with van der Waals surface area (Å²) in [5.41, 5.74) is 0. The summed E-state index contributed by atoms with van der Waals surface area (Å²) >= 11 is 0. The van der Waals surface area contributed by atoms with E-state index in [4.69, 9.17) is 18.9 Å². The highest BCUT2D eigenvalue weighted by molar-refractivity contribution is 5.87. The SMILES string of the molecule is CC[C@H](C)[C@@H]([C@@H](CC(=O)N1CCCC1C(OC)C(C)C(=O)OC)OC)N(C)C(=O)C(NC(=O)N1CCOCC1)C(C)C. The van der Waals surface area contributed by atoms with Crippen LogP contribution in [0.25, 0.3) is 0 Å². The Morgan fingerprint density at radius 3 is 2.17 bits per heavy atom. The number of rotatable bonds is 14. The monoisotopic (exact) mass is 598 g/mol. The number of likely N-dealkylation sites (tertiary alicyclic amines) is 1. The first-order valence-electron chi connectivity index (χ1n) is 15.3. The maximum atomic E-state index is 13.9. The first-order chi connectivity index (χ1) is 19.9. The molecule has 2 aliphatic rings. The molecule has 12 heteroatoms. The van der Waals surface area contributed by atoms with Gasteiger partial charge in [0, 0.05) is 40.9 Å². The Morgan fingerprint density at radius 1 is 1.00 bits per heavy atom. The first-order valence-corrected chi connectivity index (χ1v) is 15.3. The number of amides is 4. The van der Waals surface area contributed by atoms with Crippen molar-refractivity contribution in [3.63, 3.8) is 0 Å². The molecule has 2 heterocycles. The minimum atomic E-state index is -0.740. The number of nitrogens with one attached hydrogen (secondary N) is 1. The second-order valence-electron chi connectivity index (χ2n) is 11.9. The molecule has 4 amide bonds. The average molecular weight is 599 g/mol. The van der Waals surface area contributed by atoms with Gasteiger partial charge in [0.05, 0.1) is 57.0 Å². The van der Waals surface area contributed by atoms with Gasteiger partial charge in [-0.15, -0.1) is 0 Å². The van der Waals surface area contributed by atoms with E-state index in [0.717, 1.165) is 19.3 Å². The normalized spacial score (nSPS) is 21.7. The van der Waals surface area contributed by atoms with Gasteiger partial charge in [-0.05, 0) is 31.6 Å². The van der Waals surface area contributed by atoms with E-state index in [2.05, 4.69) is 5.32 Å². The number of likely N-dealkylation sites (N-methyl/N-ethyl adjacent to an activating group) is 1. The van der Waals surface area contributed by atoms with E-state index in [0.29, 0.717) is 32.8 Å².